The van der Waals surface area contributed by atoms with E-state index in [0.29, 0.717) is 62.8 Å². The maximum atomic E-state index is 13.6. The zero-order chi connectivity index (χ0) is 36.9. The summed E-state index contributed by atoms with van der Waals surface area (Å²) in [4.78, 5) is 39.8. The first-order valence-corrected chi connectivity index (χ1v) is 17.9. The molecule has 0 bridgehead atoms. The molecule has 5 rings (SSSR count). The third-order valence-corrected chi connectivity index (χ3v) is 9.62. The van der Waals surface area contributed by atoms with E-state index in [1.165, 1.54) is 12.1 Å². The van der Waals surface area contributed by atoms with Gasteiger partial charge in [0.05, 0.1) is 0 Å². The molecule has 1 fully saturated rings. The van der Waals surface area contributed by atoms with Crippen molar-refractivity contribution in [2.45, 2.75) is 64.1 Å². The highest BCUT2D eigenvalue weighted by molar-refractivity contribution is 5.95. The summed E-state index contributed by atoms with van der Waals surface area (Å²) in [6.07, 6.45) is 1.62. The van der Waals surface area contributed by atoms with Crippen LogP contribution in [0.5, 0.6) is 5.75 Å². The lowest BCUT2D eigenvalue weighted by Gasteiger charge is -2.28. The summed E-state index contributed by atoms with van der Waals surface area (Å²) in [6, 6.07) is 31.2. The monoisotopic (exact) mass is 713 g/mol. The lowest BCUT2D eigenvalue weighted by molar-refractivity contribution is -0.189. The standard InChI is InChI=1S/C42H46F3N3O4/c43-42(44,45)41(51)52-38-20-18-31(19-21-38)22-23-48(39(49)17-6-10-30-8-2-1-3-9-30)29-34-13-5-14-35(25-34)36-15-7-16-37(26-36)40(50)47-28-33-12-4-11-32(24-33)27-46/h1-3,5,7-9,13-16,18-21,25-26,32-33H,4,6,10-12,17,22-24,27-29,46H2,(H,47,50). The summed E-state index contributed by atoms with van der Waals surface area (Å²) in [5, 5.41) is 3.12. The van der Waals surface area contributed by atoms with Crippen molar-refractivity contribution < 1.29 is 32.3 Å². The van der Waals surface area contributed by atoms with Gasteiger partial charge in [-0.3, -0.25) is 9.59 Å². The average molecular weight is 714 g/mol. The molecule has 3 N–H and O–H groups in total. The van der Waals surface area contributed by atoms with Crippen molar-refractivity contribution in [2.24, 2.45) is 17.6 Å². The fourth-order valence-electron chi connectivity index (χ4n) is 6.74. The number of ether oxygens (including phenoxy) is 1. The number of amides is 2. The van der Waals surface area contributed by atoms with Crippen molar-refractivity contribution in [1.29, 1.82) is 0 Å². The van der Waals surface area contributed by atoms with Crippen molar-refractivity contribution in [1.82, 2.24) is 10.2 Å². The van der Waals surface area contributed by atoms with E-state index in [1.54, 1.807) is 17.0 Å². The highest BCUT2D eigenvalue weighted by Gasteiger charge is 2.41. The highest BCUT2D eigenvalue weighted by Crippen LogP contribution is 2.28. The molecule has 52 heavy (non-hydrogen) atoms. The Hall–Kier alpha value is -4.96. The van der Waals surface area contributed by atoms with Gasteiger partial charge in [0.15, 0.2) is 0 Å². The van der Waals surface area contributed by atoms with Gasteiger partial charge in [0.1, 0.15) is 5.75 Å². The minimum absolute atomic E-state index is 0.00789. The molecule has 2 atom stereocenters. The highest BCUT2D eigenvalue weighted by atomic mass is 19.4. The molecule has 274 valence electrons. The minimum atomic E-state index is -5.08. The van der Waals surface area contributed by atoms with E-state index in [0.717, 1.165) is 59.9 Å². The first-order chi connectivity index (χ1) is 25.1. The van der Waals surface area contributed by atoms with Crippen LogP contribution in [0.2, 0.25) is 0 Å². The number of hydrogen-bond donors (Lipinski definition) is 2. The van der Waals surface area contributed by atoms with Crippen LogP contribution < -0.4 is 15.8 Å². The zero-order valence-electron chi connectivity index (χ0n) is 29.2. The first-order valence-electron chi connectivity index (χ1n) is 17.9. The number of halogens is 3. The van der Waals surface area contributed by atoms with Crippen LogP contribution in [0.25, 0.3) is 11.1 Å². The van der Waals surface area contributed by atoms with E-state index in [1.807, 2.05) is 78.9 Å². The number of rotatable bonds is 15. The molecule has 0 aromatic heterocycles. The number of nitrogens with two attached hydrogens (primary N) is 1. The molecule has 0 saturated heterocycles. The normalized spacial score (nSPS) is 15.8. The lowest BCUT2D eigenvalue weighted by Crippen LogP contribution is -2.33. The van der Waals surface area contributed by atoms with E-state index in [9.17, 15) is 27.6 Å². The van der Waals surface area contributed by atoms with Crippen LogP contribution in [0.3, 0.4) is 0 Å². The van der Waals surface area contributed by atoms with Crippen molar-refractivity contribution in [3.05, 3.63) is 125 Å². The lowest BCUT2D eigenvalue weighted by atomic mass is 9.81. The Morgan fingerprint density at radius 2 is 1.46 bits per heavy atom. The third-order valence-electron chi connectivity index (χ3n) is 9.62. The fourth-order valence-corrected chi connectivity index (χ4v) is 6.74. The molecule has 0 spiro atoms. The largest absolute Gasteiger partial charge is 0.491 e. The first kappa shape index (κ1) is 38.3. The molecular weight excluding hydrogens is 667 g/mol. The Kier molecular flexibility index (Phi) is 13.6. The summed E-state index contributed by atoms with van der Waals surface area (Å²) in [6.45, 7) is 2.06. The van der Waals surface area contributed by atoms with Crippen LogP contribution in [0.4, 0.5) is 13.2 Å². The molecule has 0 aliphatic heterocycles. The molecule has 1 saturated carbocycles. The predicted molar refractivity (Wildman–Crippen MR) is 195 cm³/mol. The van der Waals surface area contributed by atoms with Gasteiger partial charge >= 0.3 is 12.1 Å². The van der Waals surface area contributed by atoms with Crippen LogP contribution in [-0.2, 0) is 29.0 Å². The van der Waals surface area contributed by atoms with Gasteiger partial charge in [-0.05, 0) is 115 Å². The Morgan fingerprint density at radius 1 is 0.788 bits per heavy atom. The van der Waals surface area contributed by atoms with Crippen molar-refractivity contribution >= 4 is 17.8 Å². The second-order valence-corrected chi connectivity index (χ2v) is 13.6. The molecule has 4 aromatic carbocycles. The molecular formula is C42H46F3N3O4. The number of benzene rings is 4. The molecule has 4 aromatic rings. The zero-order valence-corrected chi connectivity index (χ0v) is 29.2. The van der Waals surface area contributed by atoms with Gasteiger partial charge in [0, 0.05) is 31.6 Å². The molecule has 2 amide bonds. The van der Waals surface area contributed by atoms with Crippen molar-refractivity contribution in [3.63, 3.8) is 0 Å². The van der Waals surface area contributed by atoms with E-state index >= 15 is 0 Å². The van der Waals surface area contributed by atoms with Crippen LogP contribution in [0.1, 0.15) is 65.6 Å². The van der Waals surface area contributed by atoms with Gasteiger partial charge in [-0.2, -0.15) is 13.2 Å². The molecule has 10 heteroatoms. The molecule has 0 heterocycles. The van der Waals surface area contributed by atoms with Gasteiger partial charge in [-0.15, -0.1) is 0 Å². The molecule has 1 aliphatic carbocycles. The van der Waals surface area contributed by atoms with Gasteiger partial charge in [0.2, 0.25) is 5.91 Å². The number of esters is 1. The van der Waals surface area contributed by atoms with E-state index in [4.69, 9.17) is 5.73 Å². The number of aryl methyl sites for hydroxylation is 1. The number of hydrogen-bond acceptors (Lipinski definition) is 5. The maximum absolute atomic E-state index is 13.6. The Morgan fingerprint density at radius 3 is 2.19 bits per heavy atom. The number of carbonyl (C=O) groups excluding carboxylic acids is 3. The van der Waals surface area contributed by atoms with Crippen molar-refractivity contribution in [3.8, 4) is 16.9 Å². The quantitative estimate of drug-likeness (QED) is 0.0964. The number of carbonyl (C=O) groups is 3. The van der Waals surface area contributed by atoms with Gasteiger partial charge in [-0.1, -0.05) is 79.2 Å². The van der Waals surface area contributed by atoms with Gasteiger partial charge < -0.3 is 20.7 Å². The fraction of sp³-hybridized carbons (Fsp3) is 0.357. The van der Waals surface area contributed by atoms with Crippen LogP contribution in [-0.4, -0.2) is 48.5 Å². The Balaban J connectivity index is 1.25. The molecule has 2 unspecified atom stereocenters. The van der Waals surface area contributed by atoms with Crippen molar-refractivity contribution in [2.75, 3.05) is 19.6 Å². The Bertz CT molecular complexity index is 1780. The molecule has 0 radical (unpaired) electrons. The predicted octanol–water partition coefficient (Wildman–Crippen LogP) is 7.91. The van der Waals surface area contributed by atoms with Gasteiger partial charge in [-0.25, -0.2) is 4.79 Å². The number of nitrogens with one attached hydrogen (secondary N) is 1. The van der Waals surface area contributed by atoms with E-state index in [2.05, 4.69) is 10.1 Å². The second kappa shape index (κ2) is 18.5. The second-order valence-electron chi connectivity index (χ2n) is 13.6. The summed E-state index contributed by atoms with van der Waals surface area (Å²) in [7, 11) is 0. The van der Waals surface area contributed by atoms with Crippen LogP contribution in [0, 0.1) is 11.8 Å². The molecule has 1 aliphatic rings. The maximum Gasteiger partial charge on any atom is 0.491 e. The van der Waals surface area contributed by atoms with Crippen LogP contribution >= 0.6 is 0 Å². The SMILES string of the molecule is NCC1CCCC(CNC(=O)c2cccc(-c3cccc(CN(CCc4ccc(OC(=O)C(F)(F)F)cc4)C(=O)CCCc4ccccc4)c3)c2)C1. The summed E-state index contributed by atoms with van der Waals surface area (Å²) < 4.78 is 42.2. The summed E-state index contributed by atoms with van der Waals surface area (Å²) in [5.74, 6) is -1.62. The molecule has 7 nitrogen and oxygen atoms in total. The van der Waals surface area contributed by atoms with E-state index < -0.39 is 12.1 Å². The number of alkyl halides is 3. The van der Waals surface area contributed by atoms with E-state index in [-0.39, 0.29) is 17.6 Å². The topological polar surface area (TPSA) is 102 Å². The van der Waals surface area contributed by atoms with Gasteiger partial charge in [0.25, 0.3) is 5.91 Å². The summed E-state index contributed by atoms with van der Waals surface area (Å²) in [5.41, 5.74) is 11.2. The number of nitrogens with zero attached hydrogens (tertiary/aromatic N) is 1. The summed E-state index contributed by atoms with van der Waals surface area (Å²) >= 11 is 0. The smallest absolute Gasteiger partial charge is 0.420 e. The third kappa shape index (κ3) is 11.5. The Labute approximate surface area is 303 Å². The minimum Gasteiger partial charge on any atom is -0.420 e. The van der Waals surface area contributed by atoms with Crippen LogP contribution in [0.15, 0.2) is 103 Å². The average Bonchev–Trinajstić information content (AvgIpc) is 3.16.